The second-order valence-electron chi connectivity index (χ2n) is 5.23. The zero-order chi connectivity index (χ0) is 13.9. The molecule has 0 aliphatic carbocycles. The Bertz CT molecular complexity index is 219. The summed E-state index contributed by atoms with van der Waals surface area (Å²) in [7, 11) is 0. The Morgan fingerprint density at radius 2 is 1.44 bits per heavy atom. The minimum absolute atomic E-state index is 0.00133. The zero-order valence-corrected chi connectivity index (χ0v) is 12.6. The van der Waals surface area contributed by atoms with Crippen LogP contribution in [0.25, 0.3) is 0 Å². The van der Waals surface area contributed by atoms with E-state index in [1.807, 2.05) is 6.92 Å². The summed E-state index contributed by atoms with van der Waals surface area (Å²) in [5.74, 6) is 0.00133. The molecule has 1 unspecified atom stereocenters. The summed E-state index contributed by atoms with van der Waals surface area (Å²) in [4.78, 5) is 12.0. The Balaban J connectivity index is 3.95. The van der Waals surface area contributed by atoms with E-state index >= 15 is 0 Å². The van der Waals surface area contributed by atoms with Crippen LogP contribution in [0.1, 0.15) is 78.6 Å². The first-order chi connectivity index (χ1) is 8.60. The third-order valence-electron chi connectivity index (χ3n) is 3.61. The van der Waals surface area contributed by atoms with Gasteiger partial charge in [0.1, 0.15) is 13.1 Å². The number of rotatable bonds is 11. The lowest BCUT2D eigenvalue weighted by Gasteiger charge is -2.26. The van der Waals surface area contributed by atoms with Crippen LogP contribution in [0.4, 0.5) is 0 Å². The van der Waals surface area contributed by atoms with Crippen LogP contribution in [-0.2, 0) is 4.79 Å². The van der Waals surface area contributed by atoms with Crippen LogP contribution in [0.2, 0.25) is 0 Å². The van der Waals surface area contributed by atoms with Gasteiger partial charge in [-0.3, -0.25) is 0 Å². The van der Waals surface area contributed by atoms with Gasteiger partial charge in [-0.15, -0.1) is 4.65 Å². The van der Waals surface area contributed by atoms with E-state index in [-0.39, 0.29) is 10.6 Å². The molecular weight excluding hydrogens is 226 g/mol. The number of amides is 1. The summed E-state index contributed by atoms with van der Waals surface area (Å²) < 4.78 is -0.351. The summed E-state index contributed by atoms with van der Waals surface area (Å²) in [6.45, 7) is 7.29. The normalized spacial score (nSPS) is 14.4. The van der Waals surface area contributed by atoms with E-state index in [0.29, 0.717) is 19.5 Å². The predicted molar refractivity (Wildman–Crippen MR) is 75.4 cm³/mol. The van der Waals surface area contributed by atoms with Crippen LogP contribution >= 0.6 is 0 Å². The van der Waals surface area contributed by atoms with Gasteiger partial charge in [0.2, 0.25) is 0 Å². The summed E-state index contributed by atoms with van der Waals surface area (Å²) >= 11 is 0. The molecule has 3 heteroatoms. The molecule has 0 saturated heterocycles. The molecule has 18 heavy (non-hydrogen) atoms. The van der Waals surface area contributed by atoms with Gasteiger partial charge in [0.05, 0.1) is 6.42 Å². The van der Waals surface area contributed by atoms with Gasteiger partial charge in [0, 0.05) is 0 Å². The van der Waals surface area contributed by atoms with Gasteiger partial charge in [-0.05, 0) is 26.2 Å². The van der Waals surface area contributed by atoms with Crippen LogP contribution in [-0.4, -0.2) is 28.9 Å². The molecule has 1 atom stereocenters. The average molecular weight is 258 g/mol. The first-order valence-electron chi connectivity index (χ1n) is 7.74. The van der Waals surface area contributed by atoms with Crippen molar-refractivity contribution in [2.75, 3.05) is 13.1 Å². The lowest BCUT2D eigenvalue weighted by molar-refractivity contribution is -1.04. The Morgan fingerprint density at radius 1 is 0.889 bits per heavy atom. The van der Waals surface area contributed by atoms with Gasteiger partial charge in [0.15, 0.2) is 0 Å². The third kappa shape index (κ3) is 7.12. The molecule has 0 aliphatic rings. The monoisotopic (exact) mass is 258 g/mol. The second-order valence-corrected chi connectivity index (χ2v) is 5.23. The largest absolute Gasteiger partial charge is 0.345 e. The molecule has 0 aromatic rings. The molecule has 0 aliphatic heterocycles. The van der Waals surface area contributed by atoms with Gasteiger partial charge < -0.3 is 0 Å². The second kappa shape index (κ2) is 10.5. The summed E-state index contributed by atoms with van der Waals surface area (Å²) in [5.41, 5.74) is 0. The van der Waals surface area contributed by atoms with Crippen molar-refractivity contribution in [1.82, 2.24) is 0 Å². The van der Waals surface area contributed by atoms with E-state index in [1.165, 1.54) is 19.3 Å². The smallest absolute Gasteiger partial charge is 0.228 e. The first kappa shape index (κ1) is 17.6. The number of hydrogen-bond acceptors (Lipinski definition) is 2. The van der Waals surface area contributed by atoms with E-state index in [1.54, 1.807) is 0 Å². The molecule has 0 bridgehead atoms. The Labute approximate surface area is 113 Å². The number of quaternary nitrogens is 1. The number of hydrogen-bond donors (Lipinski definition) is 1. The van der Waals surface area contributed by atoms with Crippen LogP contribution < -0.4 is 0 Å². The Morgan fingerprint density at radius 3 is 2.00 bits per heavy atom. The lowest BCUT2D eigenvalue weighted by atomic mass is 10.1. The van der Waals surface area contributed by atoms with Crippen molar-refractivity contribution in [2.24, 2.45) is 0 Å². The minimum Gasteiger partial charge on any atom is -0.228 e. The quantitative estimate of drug-likeness (QED) is 0.260. The first-order valence-corrected chi connectivity index (χ1v) is 7.74. The summed E-state index contributed by atoms with van der Waals surface area (Å²) in [6, 6.07) is 0. The van der Waals surface area contributed by atoms with Crippen LogP contribution in [0, 0.1) is 0 Å². The molecule has 0 aromatic carbocycles. The SMILES string of the molecule is CCCCCCC[N+](O)(CC)C(=O)CCCCC. The van der Waals surface area contributed by atoms with Crippen LogP contribution in [0.3, 0.4) is 0 Å². The van der Waals surface area contributed by atoms with Crippen molar-refractivity contribution in [2.45, 2.75) is 78.6 Å². The molecule has 3 nitrogen and oxygen atoms in total. The van der Waals surface area contributed by atoms with Crippen LogP contribution in [0.5, 0.6) is 0 Å². The number of hydroxylamine groups is 3. The highest BCUT2D eigenvalue weighted by atomic mass is 16.6. The number of carbonyl (C=O) groups excluding carboxylic acids is 1. The number of unbranched alkanes of at least 4 members (excludes halogenated alkanes) is 6. The summed E-state index contributed by atoms with van der Waals surface area (Å²) in [6.07, 6.45) is 9.38. The fourth-order valence-electron chi connectivity index (χ4n) is 2.17. The molecule has 0 spiro atoms. The predicted octanol–water partition coefficient (Wildman–Crippen LogP) is 4.29. The van der Waals surface area contributed by atoms with Gasteiger partial charge in [-0.1, -0.05) is 46.0 Å². The third-order valence-corrected chi connectivity index (χ3v) is 3.61. The molecule has 0 heterocycles. The standard InChI is InChI=1S/C15H32NO2/c1-4-7-9-10-12-14-16(18,6-3)15(17)13-11-8-5-2/h18H,4-14H2,1-3H3/q+1. The maximum atomic E-state index is 12.0. The average Bonchev–Trinajstić information content (AvgIpc) is 2.38. The topological polar surface area (TPSA) is 37.3 Å². The molecular formula is C15H32NO2+. The highest BCUT2D eigenvalue weighted by Crippen LogP contribution is 2.13. The maximum absolute atomic E-state index is 12.0. The van der Waals surface area contributed by atoms with Crippen molar-refractivity contribution in [3.05, 3.63) is 0 Å². The van der Waals surface area contributed by atoms with Crippen LogP contribution in [0.15, 0.2) is 0 Å². The number of nitrogens with zero attached hydrogens (tertiary/aromatic N) is 1. The fraction of sp³-hybridized carbons (Fsp3) is 0.933. The molecule has 108 valence electrons. The van der Waals surface area contributed by atoms with E-state index in [2.05, 4.69) is 13.8 Å². The Kier molecular flexibility index (Phi) is 10.3. The van der Waals surface area contributed by atoms with Crippen molar-refractivity contribution in [1.29, 1.82) is 0 Å². The molecule has 1 amide bonds. The van der Waals surface area contributed by atoms with Gasteiger partial charge in [-0.25, -0.2) is 10.0 Å². The fourth-order valence-corrected chi connectivity index (χ4v) is 2.17. The molecule has 0 radical (unpaired) electrons. The van der Waals surface area contributed by atoms with Crippen molar-refractivity contribution < 1.29 is 14.6 Å². The highest BCUT2D eigenvalue weighted by molar-refractivity contribution is 5.68. The van der Waals surface area contributed by atoms with E-state index < -0.39 is 0 Å². The van der Waals surface area contributed by atoms with Crippen molar-refractivity contribution >= 4 is 5.91 Å². The highest BCUT2D eigenvalue weighted by Gasteiger charge is 2.32. The van der Waals surface area contributed by atoms with Gasteiger partial charge in [-0.2, -0.15) is 0 Å². The maximum Gasteiger partial charge on any atom is 0.345 e. The lowest BCUT2D eigenvalue weighted by Crippen LogP contribution is -2.50. The van der Waals surface area contributed by atoms with Gasteiger partial charge >= 0.3 is 5.91 Å². The van der Waals surface area contributed by atoms with Gasteiger partial charge in [0.25, 0.3) is 0 Å². The molecule has 0 fully saturated rings. The van der Waals surface area contributed by atoms with E-state index in [4.69, 9.17) is 0 Å². The minimum atomic E-state index is -0.351. The molecule has 1 N–H and O–H groups in total. The summed E-state index contributed by atoms with van der Waals surface area (Å²) in [5, 5.41) is 10.3. The van der Waals surface area contributed by atoms with E-state index in [0.717, 1.165) is 32.1 Å². The zero-order valence-electron chi connectivity index (χ0n) is 12.6. The Hall–Kier alpha value is -0.410. The molecule has 0 rings (SSSR count). The van der Waals surface area contributed by atoms with Crippen molar-refractivity contribution in [3.8, 4) is 0 Å². The molecule has 0 saturated carbocycles. The van der Waals surface area contributed by atoms with E-state index in [9.17, 15) is 10.0 Å². The molecule has 0 aromatic heterocycles. The van der Waals surface area contributed by atoms with Crippen molar-refractivity contribution in [3.63, 3.8) is 0 Å². The number of carbonyl (C=O) groups is 1.